The first-order chi connectivity index (χ1) is 16.6. The second-order valence-electron chi connectivity index (χ2n) is 5.00. The van der Waals surface area contributed by atoms with E-state index in [2.05, 4.69) is 96.7 Å². The third-order valence-corrected chi connectivity index (χ3v) is 2.97. The molecule has 37 heavy (non-hydrogen) atoms. The Morgan fingerprint density at radius 3 is 1.24 bits per heavy atom. The number of hydrogen-bond acceptors (Lipinski definition) is 7. The van der Waals surface area contributed by atoms with E-state index in [1.54, 1.807) is 0 Å². The van der Waals surface area contributed by atoms with Gasteiger partial charge >= 0.3 is 67.3 Å². The number of unbranched alkanes of at least 4 members (excludes halogenated alkanes) is 2. The molecule has 0 spiro atoms. The fourth-order valence-corrected chi connectivity index (χ4v) is 0.841. The Balaban J connectivity index is -0.0000000512. The van der Waals surface area contributed by atoms with E-state index in [0.717, 1.165) is 19.3 Å². The number of aliphatic hydroxyl groups is 2. The number of rotatable bonds is 9. The smallest absolute Gasteiger partial charge is 0 e. The molecule has 0 atom stereocenters. The van der Waals surface area contributed by atoms with Gasteiger partial charge in [0.15, 0.2) is 0 Å². The number of esters is 2. The number of hydrogen-bond donors (Lipinski definition) is 3. The van der Waals surface area contributed by atoms with Gasteiger partial charge in [-0.2, -0.15) is 12.8 Å². The van der Waals surface area contributed by atoms with Crippen molar-refractivity contribution < 1.29 is 85.8 Å². The van der Waals surface area contributed by atoms with Gasteiger partial charge in [-0.05, 0) is 25.7 Å². The summed E-state index contributed by atoms with van der Waals surface area (Å²) in [6.45, 7) is 8.45. The standard InChI is InChI=1S/C10H10O4.C4H10O2.C3H6I.C3H2O2.C3H7.2HI.3V/c1-3-9(11)13-7-5-6-8-14-10(12)4-2;5-3-1-2-4-6;1-2-3-4;1-2-3(4)5;1-3-2;;;;;/h1-2H,5-8H2;5-6H,1-4H2;3H,2H2,1H3;1H,(H,4,5);1,3H2,2H3;2*1H;;;/q;;-1;;-1;;;;;+2/p-2. The molecule has 0 fully saturated rings. The maximum atomic E-state index is 10.4. The zero-order valence-corrected chi connectivity index (χ0v) is 31.6. The molecule has 213 valence electrons. The molecule has 0 aromatic heterocycles. The maximum absolute atomic E-state index is 10.4. The van der Waals surface area contributed by atoms with E-state index in [-0.39, 0.29) is 63.5 Å². The largest absolute Gasteiger partial charge is 0 e. The zero-order chi connectivity index (χ0) is 28.8. The monoisotopic (exact) mass is 973 g/mol. The normalized spacial score (nSPS) is 6.95. The quantitative estimate of drug-likeness (QED) is 0.0767. The van der Waals surface area contributed by atoms with E-state index in [1.807, 2.05) is 18.8 Å². The molecule has 0 aromatic rings. The van der Waals surface area contributed by atoms with Gasteiger partial charge in [0.2, 0.25) is 0 Å². The first-order valence-electron chi connectivity index (χ1n) is 9.95. The summed E-state index contributed by atoms with van der Waals surface area (Å²) >= 11 is 6.96. The Morgan fingerprint density at radius 1 is 0.865 bits per heavy atom. The third kappa shape index (κ3) is 113. The van der Waals surface area contributed by atoms with E-state index >= 15 is 0 Å². The number of carboxylic acid groups (broad SMARTS) is 1. The summed E-state index contributed by atoms with van der Waals surface area (Å²) in [6.07, 6.45) is 18.6. The summed E-state index contributed by atoms with van der Waals surface area (Å²) in [5.74, 6) is 2.47. The van der Waals surface area contributed by atoms with E-state index in [1.165, 1.54) is 12.3 Å². The maximum Gasteiger partial charge on any atom is 0 e. The average Bonchev–Trinajstić information content (AvgIpc) is 2.86. The van der Waals surface area contributed by atoms with Crippen LogP contribution >= 0.6 is 62.5 Å². The summed E-state index contributed by atoms with van der Waals surface area (Å²) < 4.78 is 11.2. The SMILES string of the molecule is C#CC(=O)O.C#CC(=O)OCCCCOC(=O)C#C.CC[CH-]I.OCCCCO.[CH2-]CC.[I][V][I].[V].[V]. The number of carbonyl (C=O) groups is 3. The number of aliphatic hydroxyl groups excluding tert-OH is 2. The fourth-order valence-electron chi connectivity index (χ4n) is 0.841. The molecule has 0 saturated carbocycles. The molecule has 14 heteroatoms. The minimum Gasteiger partial charge on any atom is 0 e. The number of carbonyl (C=O) groups excluding carboxylic acids is 2. The minimum atomic E-state index is -1.22. The molecule has 0 aliphatic heterocycles. The van der Waals surface area contributed by atoms with Gasteiger partial charge in [-0.1, -0.05) is 13.8 Å². The van der Waals surface area contributed by atoms with Gasteiger partial charge in [-0.3, -0.25) is 4.43 Å². The van der Waals surface area contributed by atoms with Crippen LogP contribution in [0.2, 0.25) is 0 Å². The predicted octanol–water partition coefficient (Wildman–Crippen LogP) is 4.56. The van der Waals surface area contributed by atoms with Crippen LogP contribution in [0.3, 0.4) is 0 Å². The number of ether oxygens (including phenoxy) is 2. The molecule has 0 unspecified atom stereocenters. The third-order valence-electron chi connectivity index (χ3n) is 2.08. The molecule has 0 amide bonds. The van der Waals surface area contributed by atoms with Gasteiger partial charge in [0.1, 0.15) is 0 Å². The van der Waals surface area contributed by atoms with Crippen molar-refractivity contribution >= 4 is 80.5 Å². The number of carboxylic acids is 1. The van der Waals surface area contributed by atoms with Crippen LogP contribution in [0.15, 0.2) is 0 Å². The molecule has 0 saturated heterocycles. The molecule has 0 heterocycles. The van der Waals surface area contributed by atoms with E-state index in [0.29, 0.717) is 22.3 Å². The summed E-state index contributed by atoms with van der Waals surface area (Å²) in [6, 6.07) is 0. The number of halogens is 3. The van der Waals surface area contributed by atoms with Gasteiger partial charge in [0, 0.05) is 68.1 Å². The first-order valence-corrected chi connectivity index (χ1v) is 20.2. The molecule has 2 radical (unpaired) electrons. The molecule has 8 nitrogen and oxygen atoms in total. The molecule has 0 aliphatic carbocycles. The Bertz CT molecular complexity index is 541. The molecular formula is C23H35I3O8V3-2. The van der Waals surface area contributed by atoms with Crippen LogP contribution in [0.4, 0.5) is 0 Å². The van der Waals surface area contributed by atoms with Crippen LogP contribution in [0.1, 0.15) is 52.4 Å². The average molecular weight is 973 g/mol. The summed E-state index contributed by atoms with van der Waals surface area (Å²) in [7, 11) is 0.628. The van der Waals surface area contributed by atoms with Crippen LogP contribution in [0.25, 0.3) is 0 Å². The molecule has 0 aliphatic rings. The van der Waals surface area contributed by atoms with Crippen LogP contribution in [-0.2, 0) is 70.4 Å². The second-order valence-corrected chi connectivity index (χ2v) is 17.7. The van der Waals surface area contributed by atoms with Crippen LogP contribution < -0.4 is 0 Å². The topological polar surface area (TPSA) is 130 Å². The Kier molecular flexibility index (Phi) is 103. The molecule has 0 aromatic carbocycles. The van der Waals surface area contributed by atoms with Crippen molar-refractivity contribution in [2.75, 3.05) is 26.4 Å². The molecule has 0 bridgehead atoms. The van der Waals surface area contributed by atoms with Gasteiger partial charge in [0.25, 0.3) is 0 Å². The van der Waals surface area contributed by atoms with Crippen molar-refractivity contribution in [3.05, 3.63) is 11.4 Å². The zero-order valence-electron chi connectivity index (χ0n) is 20.9. The Morgan fingerprint density at radius 2 is 1.11 bits per heavy atom. The van der Waals surface area contributed by atoms with Gasteiger partial charge in [-0.15, -0.1) is 19.3 Å². The fraction of sp³-hybridized carbons (Fsp3) is 0.522. The van der Waals surface area contributed by atoms with Crippen molar-refractivity contribution in [3.8, 4) is 37.0 Å². The van der Waals surface area contributed by atoms with E-state index in [4.69, 9.17) is 33.0 Å². The van der Waals surface area contributed by atoms with Gasteiger partial charge in [-0.25, -0.2) is 14.4 Å². The number of aliphatic carboxylic acids is 1. The van der Waals surface area contributed by atoms with E-state index in [9.17, 15) is 9.59 Å². The Labute approximate surface area is 289 Å². The number of terminal acetylenes is 3. The van der Waals surface area contributed by atoms with Crippen LogP contribution in [0, 0.1) is 48.4 Å². The van der Waals surface area contributed by atoms with Crippen molar-refractivity contribution in [3.63, 3.8) is 0 Å². The van der Waals surface area contributed by atoms with Crippen LogP contribution in [-0.4, -0.2) is 59.7 Å². The summed E-state index contributed by atoms with van der Waals surface area (Å²) in [4.78, 5) is 30.0. The van der Waals surface area contributed by atoms with E-state index < -0.39 is 17.9 Å². The minimum absolute atomic E-state index is 0. The van der Waals surface area contributed by atoms with Gasteiger partial charge in [0.05, 0.1) is 13.2 Å². The molecular weight excluding hydrogens is 938 g/mol. The molecule has 0 rings (SSSR count). The summed E-state index contributed by atoms with van der Waals surface area (Å²) in [5.41, 5.74) is 0. The van der Waals surface area contributed by atoms with Crippen molar-refractivity contribution in [1.82, 2.24) is 0 Å². The Hall–Kier alpha value is 0.953. The van der Waals surface area contributed by atoms with Crippen LogP contribution in [0.5, 0.6) is 0 Å². The van der Waals surface area contributed by atoms with Crippen molar-refractivity contribution in [1.29, 1.82) is 0 Å². The van der Waals surface area contributed by atoms with Crippen molar-refractivity contribution in [2.24, 2.45) is 0 Å². The summed E-state index contributed by atoms with van der Waals surface area (Å²) in [5, 5.41) is 23.7. The second kappa shape index (κ2) is 65.8. The van der Waals surface area contributed by atoms with Crippen molar-refractivity contribution in [2.45, 2.75) is 52.4 Å². The first kappa shape index (κ1) is 57.8. The van der Waals surface area contributed by atoms with Gasteiger partial charge < -0.3 is 54.3 Å². The predicted molar refractivity (Wildman–Crippen MR) is 161 cm³/mol. The molecule has 3 N–H and O–H groups in total.